The standard InChI is InChI=1S/C28H33F6N3O7/c1-26(2,3)44-25(41)36-22(6-4-5-15-35-24(39)40)23(38)37(16-18-7-11-20(12-8-18)42-27(29,30)31)17-19-9-13-21(14-10-19)43-28(32,33)34/h7-14,22,35H,4-6,15-17H2,1-3H3,(H,36,41)(H,39,40)/t22-/m0/s1. The average molecular weight is 638 g/mol. The van der Waals surface area contributed by atoms with Gasteiger partial charge >= 0.3 is 24.9 Å². The fourth-order valence-corrected chi connectivity index (χ4v) is 3.84. The molecule has 1 atom stereocenters. The van der Waals surface area contributed by atoms with Crippen molar-refractivity contribution in [1.82, 2.24) is 15.5 Å². The molecule has 2 rings (SSSR count). The summed E-state index contributed by atoms with van der Waals surface area (Å²) in [5, 5.41) is 13.5. The normalized spacial score (nSPS) is 12.6. The zero-order valence-electron chi connectivity index (χ0n) is 24.1. The van der Waals surface area contributed by atoms with E-state index in [0.717, 1.165) is 24.3 Å². The van der Waals surface area contributed by atoms with Gasteiger partial charge in [0.1, 0.15) is 23.1 Å². The summed E-state index contributed by atoms with van der Waals surface area (Å²) in [6, 6.07) is 8.26. The highest BCUT2D eigenvalue weighted by atomic mass is 19.4. The minimum atomic E-state index is -4.91. The van der Waals surface area contributed by atoms with Crippen LogP contribution < -0.4 is 20.1 Å². The van der Waals surface area contributed by atoms with Gasteiger partial charge in [0.15, 0.2) is 0 Å². The van der Waals surface area contributed by atoms with Crippen molar-refractivity contribution in [1.29, 1.82) is 0 Å². The number of amides is 3. The molecule has 2 aromatic rings. The number of carbonyl (C=O) groups is 3. The third kappa shape index (κ3) is 14.7. The van der Waals surface area contributed by atoms with Gasteiger partial charge < -0.3 is 34.9 Å². The monoisotopic (exact) mass is 637 g/mol. The van der Waals surface area contributed by atoms with Gasteiger partial charge in [0.05, 0.1) is 0 Å². The number of halogens is 6. The summed E-state index contributed by atoms with van der Waals surface area (Å²) < 4.78 is 88.5. The highest BCUT2D eigenvalue weighted by Gasteiger charge is 2.32. The second kappa shape index (κ2) is 15.4. The Morgan fingerprint density at radius 2 is 1.25 bits per heavy atom. The maximum atomic E-state index is 13.8. The fraction of sp³-hybridized carbons (Fsp3) is 0.464. The lowest BCUT2D eigenvalue weighted by atomic mass is 10.1. The van der Waals surface area contributed by atoms with Crippen molar-refractivity contribution < 1.29 is 60.0 Å². The molecule has 16 heteroatoms. The molecule has 44 heavy (non-hydrogen) atoms. The first-order valence-electron chi connectivity index (χ1n) is 13.2. The lowest BCUT2D eigenvalue weighted by Gasteiger charge is -2.29. The van der Waals surface area contributed by atoms with Crippen molar-refractivity contribution in [3.8, 4) is 11.5 Å². The van der Waals surface area contributed by atoms with Crippen molar-refractivity contribution in [3.05, 3.63) is 59.7 Å². The second-order valence-corrected chi connectivity index (χ2v) is 10.5. The molecule has 2 aromatic carbocycles. The Morgan fingerprint density at radius 1 is 0.795 bits per heavy atom. The highest BCUT2D eigenvalue weighted by Crippen LogP contribution is 2.25. The number of nitrogens with one attached hydrogen (secondary N) is 2. The first-order chi connectivity index (χ1) is 20.3. The van der Waals surface area contributed by atoms with Crippen LogP contribution in [0.3, 0.4) is 0 Å². The Balaban J connectivity index is 2.33. The number of carboxylic acid groups (broad SMARTS) is 1. The molecule has 0 fully saturated rings. The molecule has 3 N–H and O–H groups in total. The summed E-state index contributed by atoms with van der Waals surface area (Å²) in [5.74, 6) is -1.61. The van der Waals surface area contributed by atoms with Crippen LogP contribution in [0.4, 0.5) is 35.9 Å². The molecule has 0 saturated heterocycles. The average Bonchev–Trinajstić information content (AvgIpc) is 2.86. The second-order valence-electron chi connectivity index (χ2n) is 10.5. The van der Waals surface area contributed by atoms with E-state index in [4.69, 9.17) is 9.84 Å². The summed E-state index contributed by atoms with van der Waals surface area (Å²) in [5.41, 5.74) is -0.137. The molecule has 0 heterocycles. The quantitative estimate of drug-likeness (QED) is 0.173. The maximum Gasteiger partial charge on any atom is 0.573 e. The summed E-state index contributed by atoms with van der Waals surface area (Å²) in [7, 11) is 0. The van der Waals surface area contributed by atoms with Gasteiger partial charge in [-0.05, 0) is 75.4 Å². The van der Waals surface area contributed by atoms with E-state index >= 15 is 0 Å². The third-order valence-corrected chi connectivity index (χ3v) is 5.56. The lowest BCUT2D eigenvalue weighted by molar-refractivity contribution is -0.275. The Bertz CT molecular complexity index is 1170. The molecule has 0 saturated carbocycles. The lowest BCUT2D eigenvalue weighted by Crippen LogP contribution is -2.49. The van der Waals surface area contributed by atoms with Gasteiger partial charge in [-0.2, -0.15) is 0 Å². The van der Waals surface area contributed by atoms with Gasteiger partial charge in [0.25, 0.3) is 0 Å². The molecule has 0 aromatic heterocycles. The number of ether oxygens (including phenoxy) is 3. The third-order valence-electron chi connectivity index (χ3n) is 5.56. The molecule has 0 bridgehead atoms. The molecule has 0 aliphatic carbocycles. The number of rotatable bonds is 13. The van der Waals surface area contributed by atoms with Crippen molar-refractivity contribution in [2.24, 2.45) is 0 Å². The molecular weight excluding hydrogens is 604 g/mol. The van der Waals surface area contributed by atoms with E-state index in [0.29, 0.717) is 24.0 Å². The predicted octanol–water partition coefficient (Wildman–Crippen LogP) is 6.34. The van der Waals surface area contributed by atoms with Crippen LogP contribution in [0.2, 0.25) is 0 Å². The predicted molar refractivity (Wildman–Crippen MR) is 144 cm³/mol. The van der Waals surface area contributed by atoms with Gasteiger partial charge in [-0.15, -0.1) is 26.3 Å². The first kappa shape index (κ1) is 35.8. The first-order valence-corrected chi connectivity index (χ1v) is 13.2. The number of alkyl carbamates (subject to hydrolysis) is 1. The Hall–Kier alpha value is -4.37. The molecule has 0 spiro atoms. The van der Waals surface area contributed by atoms with Crippen LogP contribution in [-0.4, -0.2) is 59.0 Å². The molecule has 0 radical (unpaired) electrons. The van der Waals surface area contributed by atoms with Gasteiger partial charge in [-0.1, -0.05) is 24.3 Å². The summed E-state index contributed by atoms with van der Waals surface area (Å²) >= 11 is 0. The van der Waals surface area contributed by atoms with Crippen molar-refractivity contribution in [2.45, 2.75) is 77.5 Å². The van der Waals surface area contributed by atoms with E-state index in [1.54, 1.807) is 20.8 Å². The molecule has 0 aliphatic heterocycles. The van der Waals surface area contributed by atoms with Gasteiger partial charge in [0.2, 0.25) is 5.91 Å². The van der Waals surface area contributed by atoms with Crippen LogP contribution in [0.25, 0.3) is 0 Å². The van der Waals surface area contributed by atoms with E-state index in [-0.39, 0.29) is 26.1 Å². The molecule has 0 unspecified atom stereocenters. The number of benzene rings is 2. The van der Waals surface area contributed by atoms with Crippen LogP contribution in [0.5, 0.6) is 11.5 Å². The highest BCUT2D eigenvalue weighted by molar-refractivity contribution is 5.85. The van der Waals surface area contributed by atoms with Crippen molar-refractivity contribution in [2.75, 3.05) is 6.54 Å². The zero-order chi connectivity index (χ0) is 33.1. The van der Waals surface area contributed by atoms with E-state index in [1.807, 2.05) is 0 Å². The number of carbonyl (C=O) groups excluding carboxylic acids is 2. The summed E-state index contributed by atoms with van der Waals surface area (Å²) in [6.45, 7) is 4.60. The molecular formula is C28H33F6N3O7. The van der Waals surface area contributed by atoms with E-state index in [1.165, 1.54) is 29.2 Å². The van der Waals surface area contributed by atoms with Gasteiger partial charge in [-0.3, -0.25) is 4.79 Å². The van der Waals surface area contributed by atoms with Crippen LogP contribution in [0, 0.1) is 0 Å². The number of hydrogen-bond donors (Lipinski definition) is 3. The smallest absolute Gasteiger partial charge is 0.465 e. The fourth-order valence-electron chi connectivity index (χ4n) is 3.84. The van der Waals surface area contributed by atoms with E-state index in [9.17, 15) is 40.7 Å². The molecule has 0 aliphatic rings. The van der Waals surface area contributed by atoms with Gasteiger partial charge in [0, 0.05) is 19.6 Å². The van der Waals surface area contributed by atoms with Crippen molar-refractivity contribution >= 4 is 18.1 Å². The van der Waals surface area contributed by atoms with Crippen LogP contribution in [0.15, 0.2) is 48.5 Å². The summed E-state index contributed by atoms with van der Waals surface area (Å²) in [6.07, 6.45) is -11.3. The molecule has 10 nitrogen and oxygen atoms in total. The van der Waals surface area contributed by atoms with Crippen LogP contribution >= 0.6 is 0 Å². The van der Waals surface area contributed by atoms with Crippen LogP contribution in [0.1, 0.15) is 51.2 Å². The number of alkyl halides is 6. The van der Waals surface area contributed by atoms with Crippen molar-refractivity contribution in [3.63, 3.8) is 0 Å². The Labute approximate surface area is 249 Å². The Kier molecular flexibility index (Phi) is 12.5. The summed E-state index contributed by atoms with van der Waals surface area (Å²) in [4.78, 5) is 38.4. The van der Waals surface area contributed by atoms with Gasteiger partial charge in [-0.25, -0.2) is 9.59 Å². The molecule has 244 valence electrons. The van der Waals surface area contributed by atoms with E-state index in [2.05, 4.69) is 20.1 Å². The number of hydrogen-bond acceptors (Lipinski definition) is 6. The zero-order valence-corrected chi connectivity index (χ0v) is 24.1. The minimum absolute atomic E-state index is 0.0621. The topological polar surface area (TPSA) is 126 Å². The Morgan fingerprint density at radius 3 is 1.64 bits per heavy atom. The number of unbranched alkanes of at least 4 members (excludes halogenated alkanes) is 1. The van der Waals surface area contributed by atoms with E-state index < -0.39 is 54.0 Å². The maximum absolute atomic E-state index is 13.8. The minimum Gasteiger partial charge on any atom is -0.465 e. The SMILES string of the molecule is CC(C)(C)OC(=O)N[C@@H](CCCCNC(=O)O)C(=O)N(Cc1ccc(OC(F)(F)F)cc1)Cc1ccc(OC(F)(F)F)cc1. The number of nitrogens with zero attached hydrogens (tertiary/aromatic N) is 1. The van der Waals surface area contributed by atoms with Crippen LogP contribution in [-0.2, 0) is 22.6 Å². The molecule has 3 amide bonds. The largest absolute Gasteiger partial charge is 0.573 e.